The topological polar surface area (TPSA) is 78.4 Å². The maximum atomic E-state index is 11.6. The van der Waals surface area contributed by atoms with Crippen molar-refractivity contribution >= 4 is 17.7 Å². The molecule has 0 atom stereocenters. The molecule has 3 N–H and O–H groups in total. The predicted molar refractivity (Wildman–Crippen MR) is 67.7 cm³/mol. The van der Waals surface area contributed by atoms with Gasteiger partial charge in [0.1, 0.15) is 0 Å². The van der Waals surface area contributed by atoms with Crippen molar-refractivity contribution in [2.45, 2.75) is 25.8 Å². The molecule has 1 aromatic carbocycles. The number of urea groups is 1. The summed E-state index contributed by atoms with van der Waals surface area (Å²) in [5.74, 6) is -0.336. The second kappa shape index (κ2) is 5.08. The highest BCUT2D eigenvalue weighted by Crippen LogP contribution is 2.26. The largest absolute Gasteiger partial charge is 0.478 e. The highest BCUT2D eigenvalue weighted by Gasteiger charge is 2.26. The molecule has 0 aromatic heterocycles. The van der Waals surface area contributed by atoms with Crippen LogP contribution >= 0.6 is 0 Å². The van der Waals surface area contributed by atoms with Gasteiger partial charge in [-0.05, 0) is 37.0 Å². The molecule has 2 rings (SSSR count). The SMILES string of the molecule is CC1CC(NC(=O)Nc2cccc(C(=O)O)c2)C1. The van der Waals surface area contributed by atoms with Crippen LogP contribution in [-0.4, -0.2) is 23.1 Å². The lowest BCUT2D eigenvalue weighted by atomic mass is 9.82. The zero-order valence-electron chi connectivity index (χ0n) is 10.1. The van der Waals surface area contributed by atoms with E-state index in [1.54, 1.807) is 12.1 Å². The van der Waals surface area contributed by atoms with Gasteiger partial charge in [0.15, 0.2) is 0 Å². The Morgan fingerprint density at radius 2 is 2.06 bits per heavy atom. The van der Waals surface area contributed by atoms with Crippen LogP contribution in [0.15, 0.2) is 24.3 Å². The number of carboxylic acid groups (broad SMARTS) is 1. The number of carboxylic acids is 1. The molecule has 5 nitrogen and oxygen atoms in total. The van der Waals surface area contributed by atoms with Crippen molar-refractivity contribution in [1.82, 2.24) is 5.32 Å². The second-order valence-corrected chi connectivity index (χ2v) is 4.76. The Bertz CT molecular complexity index is 467. The highest BCUT2D eigenvalue weighted by molar-refractivity contribution is 5.93. The van der Waals surface area contributed by atoms with Gasteiger partial charge in [0.25, 0.3) is 0 Å². The van der Waals surface area contributed by atoms with Gasteiger partial charge in [-0.2, -0.15) is 0 Å². The number of rotatable bonds is 3. The zero-order chi connectivity index (χ0) is 13.1. The van der Waals surface area contributed by atoms with Crippen LogP contribution in [0.3, 0.4) is 0 Å². The Morgan fingerprint density at radius 1 is 1.33 bits per heavy atom. The first-order valence-corrected chi connectivity index (χ1v) is 5.95. The first-order valence-electron chi connectivity index (χ1n) is 5.95. The maximum Gasteiger partial charge on any atom is 0.335 e. The van der Waals surface area contributed by atoms with Crippen LogP contribution < -0.4 is 10.6 Å². The van der Waals surface area contributed by atoms with Gasteiger partial charge in [-0.15, -0.1) is 0 Å². The highest BCUT2D eigenvalue weighted by atomic mass is 16.4. The van der Waals surface area contributed by atoms with E-state index in [4.69, 9.17) is 5.11 Å². The van der Waals surface area contributed by atoms with E-state index in [1.165, 1.54) is 12.1 Å². The minimum atomic E-state index is -1.01. The van der Waals surface area contributed by atoms with Gasteiger partial charge in [0.05, 0.1) is 5.56 Å². The Morgan fingerprint density at radius 3 is 2.67 bits per heavy atom. The van der Waals surface area contributed by atoms with Gasteiger partial charge in [-0.25, -0.2) is 9.59 Å². The summed E-state index contributed by atoms with van der Waals surface area (Å²) >= 11 is 0. The molecule has 1 fully saturated rings. The number of carbonyl (C=O) groups excluding carboxylic acids is 1. The summed E-state index contributed by atoms with van der Waals surface area (Å²) in [5.41, 5.74) is 0.643. The predicted octanol–water partition coefficient (Wildman–Crippen LogP) is 2.30. The van der Waals surface area contributed by atoms with E-state index < -0.39 is 5.97 Å². The minimum absolute atomic E-state index is 0.157. The quantitative estimate of drug-likeness (QED) is 0.768. The molecule has 0 radical (unpaired) electrons. The van der Waals surface area contributed by atoms with Crippen LogP contribution in [0.5, 0.6) is 0 Å². The second-order valence-electron chi connectivity index (χ2n) is 4.76. The van der Waals surface area contributed by atoms with E-state index in [-0.39, 0.29) is 17.6 Å². The first-order chi connectivity index (χ1) is 8.54. The van der Waals surface area contributed by atoms with Gasteiger partial charge < -0.3 is 15.7 Å². The monoisotopic (exact) mass is 248 g/mol. The maximum absolute atomic E-state index is 11.6. The van der Waals surface area contributed by atoms with Crippen molar-refractivity contribution in [3.63, 3.8) is 0 Å². The van der Waals surface area contributed by atoms with Crippen molar-refractivity contribution in [1.29, 1.82) is 0 Å². The molecular formula is C13H16N2O3. The summed E-state index contributed by atoms with van der Waals surface area (Å²) < 4.78 is 0. The third-order valence-corrected chi connectivity index (χ3v) is 3.08. The van der Waals surface area contributed by atoms with Crippen molar-refractivity contribution in [2.24, 2.45) is 5.92 Å². The van der Waals surface area contributed by atoms with E-state index in [9.17, 15) is 9.59 Å². The number of carbonyl (C=O) groups is 2. The lowest BCUT2D eigenvalue weighted by Crippen LogP contribution is -2.45. The molecule has 2 amide bonds. The van der Waals surface area contributed by atoms with Gasteiger partial charge in [0.2, 0.25) is 0 Å². The lowest BCUT2D eigenvalue weighted by Gasteiger charge is -2.33. The Kier molecular flexibility index (Phi) is 3.50. The summed E-state index contributed by atoms with van der Waals surface area (Å²) in [5, 5.41) is 14.3. The Labute approximate surface area is 105 Å². The number of benzene rings is 1. The zero-order valence-corrected chi connectivity index (χ0v) is 10.1. The molecule has 18 heavy (non-hydrogen) atoms. The third kappa shape index (κ3) is 3.00. The van der Waals surface area contributed by atoms with E-state index in [0.717, 1.165) is 12.8 Å². The molecule has 1 aliphatic rings. The van der Waals surface area contributed by atoms with E-state index in [1.807, 2.05) is 0 Å². The van der Waals surface area contributed by atoms with E-state index >= 15 is 0 Å². The molecule has 0 heterocycles. The first kappa shape index (κ1) is 12.4. The number of aromatic carboxylic acids is 1. The Hall–Kier alpha value is -2.04. The average molecular weight is 248 g/mol. The Balaban J connectivity index is 1.90. The molecule has 0 saturated heterocycles. The van der Waals surface area contributed by atoms with Crippen LogP contribution in [0, 0.1) is 5.92 Å². The molecule has 1 saturated carbocycles. The van der Waals surface area contributed by atoms with Gasteiger partial charge in [0, 0.05) is 11.7 Å². The molecule has 0 spiro atoms. The number of hydrogen-bond donors (Lipinski definition) is 3. The number of nitrogens with one attached hydrogen (secondary N) is 2. The summed E-state index contributed by atoms with van der Waals surface area (Å²) in [6.07, 6.45) is 2.01. The summed E-state index contributed by atoms with van der Waals surface area (Å²) in [6.45, 7) is 2.15. The molecule has 0 aliphatic heterocycles. The van der Waals surface area contributed by atoms with Crippen molar-refractivity contribution in [2.75, 3.05) is 5.32 Å². The summed E-state index contributed by atoms with van der Waals surface area (Å²) in [6, 6.07) is 6.14. The fraction of sp³-hybridized carbons (Fsp3) is 0.385. The molecule has 5 heteroatoms. The van der Waals surface area contributed by atoms with Gasteiger partial charge >= 0.3 is 12.0 Å². The molecule has 1 aliphatic carbocycles. The fourth-order valence-electron chi connectivity index (χ4n) is 2.10. The van der Waals surface area contributed by atoms with E-state index in [2.05, 4.69) is 17.6 Å². The third-order valence-electron chi connectivity index (χ3n) is 3.08. The molecule has 96 valence electrons. The van der Waals surface area contributed by atoms with Crippen molar-refractivity contribution in [3.05, 3.63) is 29.8 Å². The van der Waals surface area contributed by atoms with Gasteiger partial charge in [-0.3, -0.25) is 0 Å². The molecular weight excluding hydrogens is 232 g/mol. The fourth-order valence-corrected chi connectivity index (χ4v) is 2.10. The number of hydrogen-bond acceptors (Lipinski definition) is 2. The average Bonchev–Trinajstić information content (AvgIpc) is 2.27. The van der Waals surface area contributed by atoms with Crippen LogP contribution in [-0.2, 0) is 0 Å². The summed E-state index contributed by atoms with van der Waals surface area (Å²) in [4.78, 5) is 22.4. The molecule has 0 unspecified atom stereocenters. The van der Waals surface area contributed by atoms with Crippen LogP contribution in [0.1, 0.15) is 30.1 Å². The van der Waals surface area contributed by atoms with Crippen LogP contribution in [0.4, 0.5) is 10.5 Å². The van der Waals surface area contributed by atoms with Crippen molar-refractivity contribution in [3.8, 4) is 0 Å². The summed E-state index contributed by atoms with van der Waals surface area (Å²) in [7, 11) is 0. The smallest absolute Gasteiger partial charge is 0.335 e. The lowest BCUT2D eigenvalue weighted by molar-refractivity contribution is 0.0697. The van der Waals surface area contributed by atoms with E-state index in [0.29, 0.717) is 11.6 Å². The number of anilines is 1. The van der Waals surface area contributed by atoms with Crippen LogP contribution in [0.25, 0.3) is 0 Å². The standard InChI is InChI=1S/C13H16N2O3/c1-8-5-11(6-8)15-13(18)14-10-4-2-3-9(7-10)12(16)17/h2-4,7-8,11H,5-6H2,1H3,(H,16,17)(H2,14,15,18). The normalized spacial score (nSPS) is 21.8. The van der Waals surface area contributed by atoms with Crippen LogP contribution in [0.2, 0.25) is 0 Å². The molecule has 1 aromatic rings. The van der Waals surface area contributed by atoms with Gasteiger partial charge in [-0.1, -0.05) is 13.0 Å². The molecule has 0 bridgehead atoms. The number of amides is 2. The van der Waals surface area contributed by atoms with Crippen molar-refractivity contribution < 1.29 is 14.7 Å². The minimum Gasteiger partial charge on any atom is -0.478 e.